The molecule has 0 radical (unpaired) electrons. The summed E-state index contributed by atoms with van der Waals surface area (Å²) in [5.74, 6) is 0.980. The van der Waals surface area contributed by atoms with Crippen LogP contribution in [-0.4, -0.2) is 29.5 Å². The molecule has 0 aliphatic rings. The van der Waals surface area contributed by atoms with Crippen molar-refractivity contribution in [1.29, 1.82) is 0 Å². The summed E-state index contributed by atoms with van der Waals surface area (Å²) in [4.78, 5) is 23.1. The standard InChI is InChI=1S/C19H26N4O/c1-14(2)10-11-20-18(24)17-12-15(3)21-19(22-17)23(4)13-16-8-6-5-7-9-16/h5-9,12,14H,10-11,13H2,1-4H3,(H,20,24). The molecule has 1 aromatic heterocycles. The Hall–Kier alpha value is -2.43. The number of nitrogens with zero attached hydrogens (tertiary/aromatic N) is 3. The van der Waals surface area contributed by atoms with Gasteiger partial charge in [0.25, 0.3) is 5.91 Å². The predicted octanol–water partition coefficient (Wildman–Crippen LogP) is 3.20. The summed E-state index contributed by atoms with van der Waals surface area (Å²) in [6.45, 7) is 7.51. The van der Waals surface area contributed by atoms with Crippen LogP contribution in [0.3, 0.4) is 0 Å². The number of carbonyl (C=O) groups excluding carboxylic acids is 1. The highest BCUT2D eigenvalue weighted by atomic mass is 16.1. The summed E-state index contributed by atoms with van der Waals surface area (Å²) in [6, 6.07) is 11.9. The van der Waals surface area contributed by atoms with Crippen LogP contribution in [0.5, 0.6) is 0 Å². The molecular formula is C19H26N4O. The van der Waals surface area contributed by atoms with E-state index in [1.165, 1.54) is 5.56 Å². The van der Waals surface area contributed by atoms with Crippen molar-refractivity contribution in [2.75, 3.05) is 18.5 Å². The average Bonchev–Trinajstić information content (AvgIpc) is 2.54. The van der Waals surface area contributed by atoms with Gasteiger partial charge in [-0.3, -0.25) is 4.79 Å². The molecule has 0 spiro atoms. The zero-order valence-electron chi connectivity index (χ0n) is 14.9. The number of aromatic nitrogens is 2. The van der Waals surface area contributed by atoms with E-state index in [4.69, 9.17) is 0 Å². The van der Waals surface area contributed by atoms with E-state index in [0.717, 1.165) is 12.1 Å². The number of anilines is 1. The van der Waals surface area contributed by atoms with Crippen molar-refractivity contribution in [3.63, 3.8) is 0 Å². The Morgan fingerprint density at radius 1 is 1.21 bits per heavy atom. The molecule has 1 aromatic carbocycles. The molecule has 0 aliphatic carbocycles. The topological polar surface area (TPSA) is 58.1 Å². The van der Waals surface area contributed by atoms with Crippen LogP contribution in [-0.2, 0) is 6.54 Å². The van der Waals surface area contributed by atoms with Gasteiger partial charge in [0.2, 0.25) is 5.95 Å². The molecule has 5 heteroatoms. The van der Waals surface area contributed by atoms with E-state index < -0.39 is 0 Å². The minimum atomic E-state index is -0.143. The van der Waals surface area contributed by atoms with Crippen LogP contribution >= 0.6 is 0 Å². The quantitative estimate of drug-likeness (QED) is 0.849. The minimum absolute atomic E-state index is 0.143. The van der Waals surface area contributed by atoms with E-state index in [-0.39, 0.29) is 5.91 Å². The van der Waals surface area contributed by atoms with Crippen molar-refractivity contribution in [2.45, 2.75) is 33.7 Å². The minimum Gasteiger partial charge on any atom is -0.351 e. The number of rotatable bonds is 7. The van der Waals surface area contributed by atoms with Crippen molar-refractivity contribution in [3.8, 4) is 0 Å². The molecule has 0 fully saturated rings. The van der Waals surface area contributed by atoms with Crippen LogP contribution in [0.25, 0.3) is 0 Å². The van der Waals surface area contributed by atoms with E-state index >= 15 is 0 Å². The number of amides is 1. The van der Waals surface area contributed by atoms with E-state index in [0.29, 0.717) is 30.6 Å². The van der Waals surface area contributed by atoms with E-state index in [1.54, 1.807) is 6.07 Å². The highest BCUT2D eigenvalue weighted by Gasteiger charge is 2.13. The maximum absolute atomic E-state index is 12.3. The Balaban J connectivity index is 2.08. The summed E-state index contributed by atoms with van der Waals surface area (Å²) in [5, 5.41) is 2.93. The predicted molar refractivity (Wildman–Crippen MR) is 97.1 cm³/mol. The van der Waals surface area contributed by atoms with Gasteiger partial charge in [0.05, 0.1) is 0 Å². The Kier molecular flexibility index (Phi) is 6.29. The van der Waals surface area contributed by atoms with Gasteiger partial charge >= 0.3 is 0 Å². The molecule has 128 valence electrons. The third kappa shape index (κ3) is 5.33. The van der Waals surface area contributed by atoms with Crippen molar-refractivity contribution < 1.29 is 4.79 Å². The fourth-order valence-corrected chi connectivity index (χ4v) is 2.33. The Morgan fingerprint density at radius 3 is 2.58 bits per heavy atom. The van der Waals surface area contributed by atoms with Gasteiger partial charge < -0.3 is 10.2 Å². The Labute approximate surface area is 144 Å². The summed E-state index contributed by atoms with van der Waals surface area (Å²) in [7, 11) is 1.93. The van der Waals surface area contributed by atoms with Crippen LogP contribution in [0.2, 0.25) is 0 Å². The average molecular weight is 326 g/mol. The molecule has 1 amide bonds. The molecule has 0 atom stereocenters. The first-order valence-corrected chi connectivity index (χ1v) is 8.34. The van der Waals surface area contributed by atoms with Gasteiger partial charge in [-0.25, -0.2) is 9.97 Å². The van der Waals surface area contributed by atoms with Gasteiger partial charge in [-0.05, 0) is 30.9 Å². The van der Waals surface area contributed by atoms with Gasteiger partial charge in [0, 0.05) is 25.8 Å². The number of nitrogens with one attached hydrogen (secondary N) is 1. The van der Waals surface area contributed by atoms with E-state index in [1.807, 2.05) is 37.1 Å². The van der Waals surface area contributed by atoms with Crippen LogP contribution < -0.4 is 10.2 Å². The van der Waals surface area contributed by atoms with Gasteiger partial charge in [-0.2, -0.15) is 0 Å². The van der Waals surface area contributed by atoms with Gasteiger partial charge in [-0.1, -0.05) is 44.2 Å². The first kappa shape index (κ1) is 17.9. The molecule has 2 aromatic rings. The van der Waals surface area contributed by atoms with Gasteiger partial charge in [-0.15, -0.1) is 0 Å². The number of hydrogen-bond donors (Lipinski definition) is 1. The second kappa shape index (κ2) is 8.43. The van der Waals surface area contributed by atoms with Gasteiger partial charge in [0.15, 0.2) is 0 Å². The van der Waals surface area contributed by atoms with Crippen molar-refractivity contribution in [2.24, 2.45) is 5.92 Å². The van der Waals surface area contributed by atoms with Crippen LogP contribution in [0.4, 0.5) is 5.95 Å². The van der Waals surface area contributed by atoms with E-state index in [2.05, 4.69) is 41.3 Å². The van der Waals surface area contributed by atoms with Crippen LogP contribution in [0.15, 0.2) is 36.4 Å². The first-order valence-electron chi connectivity index (χ1n) is 8.34. The first-order chi connectivity index (χ1) is 11.5. The zero-order valence-corrected chi connectivity index (χ0v) is 14.9. The second-order valence-electron chi connectivity index (χ2n) is 6.47. The Bertz CT molecular complexity index is 670. The van der Waals surface area contributed by atoms with Gasteiger partial charge in [0.1, 0.15) is 5.69 Å². The molecule has 2 rings (SSSR count). The second-order valence-corrected chi connectivity index (χ2v) is 6.47. The smallest absolute Gasteiger partial charge is 0.270 e. The lowest BCUT2D eigenvalue weighted by molar-refractivity contribution is 0.0947. The third-order valence-corrected chi connectivity index (χ3v) is 3.69. The molecule has 0 saturated heterocycles. The normalized spacial score (nSPS) is 10.7. The molecule has 1 N–H and O–H groups in total. The summed E-state index contributed by atoms with van der Waals surface area (Å²) < 4.78 is 0. The SMILES string of the molecule is Cc1cc(C(=O)NCCC(C)C)nc(N(C)Cc2ccccc2)n1. The zero-order chi connectivity index (χ0) is 17.5. The third-order valence-electron chi connectivity index (χ3n) is 3.69. The molecule has 0 unspecified atom stereocenters. The highest BCUT2D eigenvalue weighted by Crippen LogP contribution is 2.12. The monoisotopic (exact) mass is 326 g/mol. The summed E-state index contributed by atoms with van der Waals surface area (Å²) in [6.07, 6.45) is 0.955. The Morgan fingerprint density at radius 2 is 1.92 bits per heavy atom. The highest BCUT2D eigenvalue weighted by molar-refractivity contribution is 5.92. The molecule has 24 heavy (non-hydrogen) atoms. The summed E-state index contributed by atoms with van der Waals surface area (Å²) >= 11 is 0. The molecule has 5 nitrogen and oxygen atoms in total. The van der Waals surface area contributed by atoms with Crippen molar-refractivity contribution >= 4 is 11.9 Å². The maximum Gasteiger partial charge on any atom is 0.270 e. The molecular weight excluding hydrogens is 300 g/mol. The van der Waals surface area contributed by atoms with Crippen LogP contribution in [0, 0.1) is 12.8 Å². The lowest BCUT2D eigenvalue weighted by Crippen LogP contribution is -2.28. The summed E-state index contributed by atoms with van der Waals surface area (Å²) in [5.41, 5.74) is 2.38. The molecule has 0 aliphatic heterocycles. The molecule has 0 bridgehead atoms. The van der Waals surface area contributed by atoms with Crippen LogP contribution in [0.1, 0.15) is 42.0 Å². The molecule has 0 saturated carbocycles. The largest absolute Gasteiger partial charge is 0.351 e. The number of hydrogen-bond acceptors (Lipinski definition) is 4. The lowest BCUT2D eigenvalue weighted by atomic mass is 10.1. The van der Waals surface area contributed by atoms with Crippen molar-refractivity contribution in [1.82, 2.24) is 15.3 Å². The number of aryl methyl sites for hydroxylation is 1. The maximum atomic E-state index is 12.3. The molecule has 1 heterocycles. The van der Waals surface area contributed by atoms with E-state index in [9.17, 15) is 4.79 Å². The lowest BCUT2D eigenvalue weighted by Gasteiger charge is -2.18. The van der Waals surface area contributed by atoms with Crippen molar-refractivity contribution in [3.05, 3.63) is 53.3 Å². The fraction of sp³-hybridized carbons (Fsp3) is 0.421. The number of carbonyl (C=O) groups is 1. The number of benzene rings is 1. The fourth-order valence-electron chi connectivity index (χ4n) is 2.33.